The van der Waals surface area contributed by atoms with Gasteiger partial charge in [-0.05, 0) is 72.5 Å². The minimum absolute atomic E-state index is 0.300. The summed E-state index contributed by atoms with van der Waals surface area (Å²) in [6, 6.07) is 0. The van der Waals surface area contributed by atoms with E-state index in [-0.39, 0.29) is 0 Å². The maximum atomic E-state index is 11.6. The molecule has 0 radical (unpaired) electrons. The van der Waals surface area contributed by atoms with Crippen LogP contribution in [0.1, 0.15) is 80.1 Å². The van der Waals surface area contributed by atoms with Gasteiger partial charge in [-0.2, -0.15) is 0 Å². The molecule has 5 unspecified atom stereocenters. The molecule has 1 N–H and O–H groups in total. The zero-order chi connectivity index (χ0) is 15.0. The molecular formula is C19H34O. The highest BCUT2D eigenvalue weighted by Gasteiger charge is 2.66. The number of aliphatic hydroxyl groups is 1. The van der Waals surface area contributed by atoms with E-state index in [4.69, 9.17) is 0 Å². The summed E-state index contributed by atoms with van der Waals surface area (Å²) in [6.07, 6.45) is 7.28. The summed E-state index contributed by atoms with van der Waals surface area (Å²) in [5.74, 6) is 2.02. The van der Waals surface area contributed by atoms with Crippen LogP contribution in [0.25, 0.3) is 0 Å². The Morgan fingerprint density at radius 3 is 2.10 bits per heavy atom. The zero-order valence-corrected chi connectivity index (χ0v) is 14.4. The molecule has 5 atom stereocenters. The SMILES string of the molecule is CC1CC(C)(C)CC(O)(C2CC3CCC2(C)C3(C)C)C1. The summed E-state index contributed by atoms with van der Waals surface area (Å²) in [5, 5.41) is 11.6. The van der Waals surface area contributed by atoms with E-state index in [9.17, 15) is 5.11 Å². The third-order valence-electron chi connectivity index (χ3n) is 7.83. The molecule has 0 amide bonds. The maximum Gasteiger partial charge on any atom is 0.0689 e. The molecule has 0 saturated heterocycles. The zero-order valence-electron chi connectivity index (χ0n) is 14.4. The van der Waals surface area contributed by atoms with Crippen molar-refractivity contribution in [3.63, 3.8) is 0 Å². The van der Waals surface area contributed by atoms with Crippen LogP contribution in [0.15, 0.2) is 0 Å². The first-order chi connectivity index (χ1) is 9.00. The number of hydrogen-bond donors (Lipinski definition) is 1. The Bertz CT molecular complexity index is 410. The van der Waals surface area contributed by atoms with Gasteiger partial charge in [0.25, 0.3) is 0 Å². The molecule has 0 aromatic heterocycles. The standard InChI is InChI=1S/C19H34O/c1-13-10-16(2,3)12-19(20,11-13)15-9-14-7-8-18(15,6)17(14,4)5/h13-15,20H,7-12H2,1-6H3. The Hall–Kier alpha value is -0.0400. The predicted molar refractivity (Wildman–Crippen MR) is 84.5 cm³/mol. The third-order valence-corrected chi connectivity index (χ3v) is 7.83. The second kappa shape index (κ2) is 4.03. The number of fused-ring (bicyclic) bond motifs is 2. The molecule has 0 aromatic rings. The Labute approximate surface area is 125 Å². The molecule has 3 fully saturated rings. The summed E-state index contributed by atoms with van der Waals surface area (Å²) in [6.45, 7) is 14.5. The molecule has 0 aliphatic heterocycles. The van der Waals surface area contributed by atoms with Crippen molar-refractivity contribution in [3.05, 3.63) is 0 Å². The minimum Gasteiger partial charge on any atom is -0.390 e. The van der Waals surface area contributed by atoms with Gasteiger partial charge in [-0.3, -0.25) is 0 Å². The highest BCUT2D eigenvalue weighted by atomic mass is 16.3. The van der Waals surface area contributed by atoms with Crippen LogP contribution >= 0.6 is 0 Å². The maximum absolute atomic E-state index is 11.6. The molecule has 2 bridgehead atoms. The average molecular weight is 278 g/mol. The van der Waals surface area contributed by atoms with Crippen LogP contribution < -0.4 is 0 Å². The largest absolute Gasteiger partial charge is 0.390 e. The van der Waals surface area contributed by atoms with Gasteiger partial charge in [0.2, 0.25) is 0 Å². The molecule has 0 aromatic carbocycles. The summed E-state index contributed by atoms with van der Waals surface area (Å²) in [7, 11) is 0. The number of hydrogen-bond acceptors (Lipinski definition) is 1. The van der Waals surface area contributed by atoms with E-state index < -0.39 is 5.60 Å². The molecule has 0 heterocycles. The summed E-state index contributed by atoms with van der Waals surface area (Å²) < 4.78 is 0. The Balaban J connectivity index is 1.94. The van der Waals surface area contributed by atoms with Gasteiger partial charge >= 0.3 is 0 Å². The van der Waals surface area contributed by atoms with E-state index in [0.717, 1.165) is 18.8 Å². The normalized spacial score (nSPS) is 53.2. The third kappa shape index (κ3) is 1.84. The minimum atomic E-state index is -0.414. The smallest absolute Gasteiger partial charge is 0.0689 e. The molecule has 0 spiro atoms. The highest BCUT2D eigenvalue weighted by molar-refractivity contribution is 5.16. The summed E-state index contributed by atoms with van der Waals surface area (Å²) in [4.78, 5) is 0. The molecule has 3 saturated carbocycles. The van der Waals surface area contributed by atoms with Crippen molar-refractivity contribution >= 4 is 0 Å². The molecule has 3 aliphatic carbocycles. The van der Waals surface area contributed by atoms with Crippen LogP contribution in [-0.2, 0) is 0 Å². The van der Waals surface area contributed by atoms with Crippen LogP contribution in [0.3, 0.4) is 0 Å². The molecule has 20 heavy (non-hydrogen) atoms. The van der Waals surface area contributed by atoms with Crippen molar-refractivity contribution in [1.29, 1.82) is 0 Å². The van der Waals surface area contributed by atoms with Gasteiger partial charge in [-0.15, -0.1) is 0 Å². The van der Waals surface area contributed by atoms with Crippen LogP contribution in [-0.4, -0.2) is 10.7 Å². The fraction of sp³-hybridized carbons (Fsp3) is 1.00. The molecule has 3 rings (SSSR count). The quantitative estimate of drug-likeness (QED) is 0.713. The lowest BCUT2D eigenvalue weighted by atomic mass is 9.55. The van der Waals surface area contributed by atoms with Gasteiger partial charge < -0.3 is 5.11 Å². The van der Waals surface area contributed by atoms with E-state index in [1.165, 1.54) is 25.7 Å². The van der Waals surface area contributed by atoms with Gasteiger partial charge in [-0.1, -0.05) is 41.5 Å². The van der Waals surface area contributed by atoms with E-state index in [2.05, 4.69) is 41.5 Å². The molecule has 116 valence electrons. The van der Waals surface area contributed by atoms with Crippen molar-refractivity contribution in [2.75, 3.05) is 0 Å². The number of rotatable bonds is 1. The average Bonchev–Trinajstić information content (AvgIpc) is 2.57. The first-order valence-corrected chi connectivity index (χ1v) is 8.73. The first kappa shape index (κ1) is 14.9. The fourth-order valence-corrected chi connectivity index (χ4v) is 6.87. The molecule has 1 heteroatoms. The van der Waals surface area contributed by atoms with Crippen LogP contribution in [0.4, 0.5) is 0 Å². The molecule has 1 nitrogen and oxygen atoms in total. The monoisotopic (exact) mass is 278 g/mol. The van der Waals surface area contributed by atoms with Gasteiger partial charge in [0.1, 0.15) is 0 Å². The van der Waals surface area contributed by atoms with Gasteiger partial charge in [0, 0.05) is 0 Å². The van der Waals surface area contributed by atoms with Crippen molar-refractivity contribution in [3.8, 4) is 0 Å². The molecular weight excluding hydrogens is 244 g/mol. The summed E-state index contributed by atoms with van der Waals surface area (Å²) in [5.41, 5.74) is 0.648. The summed E-state index contributed by atoms with van der Waals surface area (Å²) >= 11 is 0. The van der Waals surface area contributed by atoms with Gasteiger partial charge in [0.15, 0.2) is 0 Å². The Morgan fingerprint density at radius 1 is 1.00 bits per heavy atom. The van der Waals surface area contributed by atoms with Gasteiger partial charge in [-0.25, -0.2) is 0 Å². The Morgan fingerprint density at radius 2 is 1.65 bits per heavy atom. The predicted octanol–water partition coefficient (Wildman–Crippen LogP) is 5.03. The van der Waals surface area contributed by atoms with Crippen molar-refractivity contribution < 1.29 is 5.11 Å². The van der Waals surface area contributed by atoms with E-state index in [1.807, 2.05) is 0 Å². The van der Waals surface area contributed by atoms with Crippen LogP contribution in [0.5, 0.6) is 0 Å². The lowest BCUT2D eigenvalue weighted by molar-refractivity contribution is -0.137. The fourth-order valence-electron chi connectivity index (χ4n) is 6.87. The van der Waals surface area contributed by atoms with Crippen molar-refractivity contribution in [2.45, 2.75) is 85.7 Å². The lowest BCUT2D eigenvalue weighted by Crippen LogP contribution is -2.52. The molecule has 3 aliphatic rings. The van der Waals surface area contributed by atoms with E-state index in [0.29, 0.717) is 28.1 Å². The second-order valence-corrected chi connectivity index (χ2v) is 10.1. The van der Waals surface area contributed by atoms with Crippen molar-refractivity contribution in [1.82, 2.24) is 0 Å². The van der Waals surface area contributed by atoms with Crippen LogP contribution in [0.2, 0.25) is 0 Å². The van der Waals surface area contributed by atoms with Gasteiger partial charge in [0.05, 0.1) is 5.60 Å². The lowest BCUT2D eigenvalue weighted by Gasteiger charge is -2.53. The van der Waals surface area contributed by atoms with E-state index >= 15 is 0 Å². The van der Waals surface area contributed by atoms with Crippen LogP contribution in [0, 0.1) is 34.0 Å². The second-order valence-electron chi connectivity index (χ2n) is 10.1. The topological polar surface area (TPSA) is 20.2 Å². The first-order valence-electron chi connectivity index (χ1n) is 8.73. The van der Waals surface area contributed by atoms with E-state index in [1.54, 1.807) is 0 Å². The highest BCUT2D eigenvalue weighted by Crippen LogP contribution is 2.71. The van der Waals surface area contributed by atoms with Crippen molar-refractivity contribution in [2.24, 2.45) is 34.0 Å². The Kier molecular flexibility index (Phi) is 3.00.